The molecular weight excluding hydrogens is 615 g/mol. The molecule has 0 bridgehead atoms. The normalized spacial score (nSPS) is 11.6. The van der Waals surface area contributed by atoms with Crippen molar-refractivity contribution in [1.29, 1.82) is 0 Å². The molecule has 0 fully saturated rings. The van der Waals surface area contributed by atoms with Crippen LogP contribution in [-0.2, 0) is 0 Å². The number of nitrogens with zero attached hydrogens (tertiary/aromatic N) is 5. The van der Waals surface area contributed by atoms with E-state index in [1.807, 2.05) is 91.1 Å². The molecule has 0 saturated heterocycles. The van der Waals surface area contributed by atoms with E-state index in [-0.39, 0.29) is 0 Å². The van der Waals surface area contributed by atoms with E-state index in [2.05, 4.69) is 77.4 Å². The molecule has 4 aromatic heterocycles. The van der Waals surface area contributed by atoms with Gasteiger partial charge in [-0.05, 0) is 48.5 Å². The minimum atomic E-state index is 0.531. The molecule has 0 N–H and O–H groups in total. The molecule has 0 saturated carbocycles. The van der Waals surface area contributed by atoms with E-state index in [0.29, 0.717) is 23.1 Å². The summed E-state index contributed by atoms with van der Waals surface area (Å²) < 4.78 is 9.19. The molecule has 0 spiro atoms. The molecule has 0 aliphatic rings. The van der Waals surface area contributed by atoms with Gasteiger partial charge in [-0.2, -0.15) is 0 Å². The van der Waals surface area contributed by atoms with Gasteiger partial charge in [-0.15, -0.1) is 0 Å². The summed E-state index contributed by atoms with van der Waals surface area (Å²) in [5.41, 5.74) is 9.21. The van der Waals surface area contributed by atoms with E-state index in [1.54, 1.807) is 0 Å². The second kappa shape index (κ2) is 11.4. The highest BCUT2D eigenvalue weighted by atomic mass is 16.3. The first-order valence-electron chi connectivity index (χ1n) is 16.6. The highest BCUT2D eigenvalue weighted by Crippen LogP contribution is 2.42. The molecular formula is C44H27N5O. The number of hydrogen-bond acceptors (Lipinski definition) is 5. The van der Waals surface area contributed by atoms with Crippen molar-refractivity contribution in [3.8, 4) is 51.1 Å². The third-order valence-corrected chi connectivity index (χ3v) is 9.28. The van der Waals surface area contributed by atoms with Crippen molar-refractivity contribution in [2.24, 2.45) is 0 Å². The molecule has 50 heavy (non-hydrogen) atoms. The smallest absolute Gasteiger partial charge is 0.167 e. The minimum Gasteiger partial charge on any atom is -0.455 e. The lowest BCUT2D eigenvalue weighted by atomic mass is 10.0. The predicted molar refractivity (Wildman–Crippen MR) is 201 cm³/mol. The molecule has 0 aliphatic carbocycles. The molecule has 10 aromatic rings. The first-order chi connectivity index (χ1) is 24.8. The van der Waals surface area contributed by atoms with Crippen LogP contribution in [0.3, 0.4) is 0 Å². The van der Waals surface area contributed by atoms with Gasteiger partial charge in [0.05, 0.1) is 22.3 Å². The summed E-state index contributed by atoms with van der Waals surface area (Å²) in [6.07, 6.45) is 1.82. The van der Waals surface area contributed by atoms with Gasteiger partial charge in [0, 0.05) is 56.2 Å². The molecule has 6 aromatic carbocycles. The number of rotatable bonds is 5. The molecule has 234 valence electrons. The fourth-order valence-electron chi connectivity index (χ4n) is 6.97. The Morgan fingerprint density at radius 3 is 1.78 bits per heavy atom. The Kier molecular flexibility index (Phi) is 6.39. The van der Waals surface area contributed by atoms with Gasteiger partial charge in [0.25, 0.3) is 0 Å². The Bertz CT molecular complexity index is 2790. The van der Waals surface area contributed by atoms with Crippen LogP contribution in [0.2, 0.25) is 0 Å². The van der Waals surface area contributed by atoms with Crippen molar-refractivity contribution < 1.29 is 4.42 Å². The Balaban J connectivity index is 1.30. The minimum absolute atomic E-state index is 0.531. The Hall–Kier alpha value is -6.92. The first-order valence-corrected chi connectivity index (χ1v) is 16.6. The number of pyridine rings is 1. The summed E-state index contributed by atoms with van der Waals surface area (Å²) in [5.74, 6) is 1.72. The standard InChI is InChI=1S/C44H27N5O/c1-4-14-28(15-5-1)42-46-43(29-16-6-2-7-17-29)48-44(47-42)36-25-30(37-21-12-13-23-45-37)24-35-34-26-33-32-20-10-11-22-38(32)49(31-18-8-3-9-19-31)39(33)27-40(34)50-41(35)36/h1-27H. The molecule has 0 aliphatic heterocycles. The van der Waals surface area contributed by atoms with Gasteiger partial charge in [0.2, 0.25) is 0 Å². The molecule has 4 heterocycles. The van der Waals surface area contributed by atoms with Crippen LogP contribution in [0.5, 0.6) is 0 Å². The summed E-state index contributed by atoms with van der Waals surface area (Å²) in [7, 11) is 0. The van der Waals surface area contributed by atoms with Crippen molar-refractivity contribution in [1.82, 2.24) is 24.5 Å². The predicted octanol–water partition coefficient (Wildman–Crippen LogP) is 10.9. The Morgan fingerprint density at radius 2 is 1.08 bits per heavy atom. The summed E-state index contributed by atoms with van der Waals surface area (Å²) >= 11 is 0. The molecule has 6 heteroatoms. The lowest BCUT2D eigenvalue weighted by Crippen LogP contribution is -2.00. The van der Waals surface area contributed by atoms with Gasteiger partial charge in [-0.25, -0.2) is 15.0 Å². The summed E-state index contributed by atoms with van der Waals surface area (Å²) in [5, 5.41) is 4.33. The maximum Gasteiger partial charge on any atom is 0.167 e. The number of para-hydroxylation sites is 2. The van der Waals surface area contributed by atoms with Crippen molar-refractivity contribution in [2.75, 3.05) is 0 Å². The van der Waals surface area contributed by atoms with E-state index in [9.17, 15) is 0 Å². The van der Waals surface area contributed by atoms with Gasteiger partial charge in [0.1, 0.15) is 11.2 Å². The molecule has 6 nitrogen and oxygen atoms in total. The number of fused-ring (bicyclic) bond motifs is 6. The molecule has 0 atom stereocenters. The lowest BCUT2D eigenvalue weighted by Gasteiger charge is -2.10. The van der Waals surface area contributed by atoms with Crippen LogP contribution >= 0.6 is 0 Å². The largest absolute Gasteiger partial charge is 0.455 e. The second-order valence-corrected chi connectivity index (χ2v) is 12.3. The third kappa shape index (κ3) is 4.58. The van der Waals surface area contributed by atoms with E-state index in [4.69, 9.17) is 24.4 Å². The zero-order valence-corrected chi connectivity index (χ0v) is 26.7. The fourth-order valence-corrected chi connectivity index (χ4v) is 6.97. The molecule has 0 unspecified atom stereocenters. The van der Waals surface area contributed by atoms with Gasteiger partial charge in [0.15, 0.2) is 17.5 Å². The number of hydrogen-bond donors (Lipinski definition) is 0. The van der Waals surface area contributed by atoms with E-state index < -0.39 is 0 Å². The van der Waals surface area contributed by atoms with E-state index in [0.717, 1.165) is 66.4 Å². The monoisotopic (exact) mass is 641 g/mol. The topological polar surface area (TPSA) is 69.6 Å². The van der Waals surface area contributed by atoms with Gasteiger partial charge < -0.3 is 8.98 Å². The fraction of sp³-hybridized carbons (Fsp3) is 0. The van der Waals surface area contributed by atoms with Crippen LogP contribution in [-0.4, -0.2) is 24.5 Å². The zero-order chi connectivity index (χ0) is 33.0. The molecule has 10 rings (SSSR count). The van der Waals surface area contributed by atoms with Gasteiger partial charge in [-0.1, -0.05) is 103 Å². The van der Waals surface area contributed by atoms with Crippen LogP contribution in [0.15, 0.2) is 168 Å². The summed E-state index contributed by atoms with van der Waals surface area (Å²) in [4.78, 5) is 19.8. The van der Waals surface area contributed by atoms with Crippen molar-refractivity contribution in [3.63, 3.8) is 0 Å². The van der Waals surface area contributed by atoms with E-state index >= 15 is 0 Å². The van der Waals surface area contributed by atoms with Crippen LogP contribution < -0.4 is 0 Å². The maximum absolute atomic E-state index is 6.88. The quantitative estimate of drug-likeness (QED) is 0.187. The summed E-state index contributed by atoms with van der Waals surface area (Å²) in [6.45, 7) is 0. The highest BCUT2D eigenvalue weighted by Gasteiger charge is 2.22. The van der Waals surface area contributed by atoms with Crippen molar-refractivity contribution >= 4 is 43.7 Å². The van der Waals surface area contributed by atoms with Crippen LogP contribution in [0.1, 0.15) is 0 Å². The SMILES string of the molecule is c1ccc(-c2nc(-c3ccccc3)nc(-c3cc(-c4ccccn4)cc4c3oc3cc5c(cc34)c3ccccc3n5-c3ccccc3)n2)cc1. The van der Waals surface area contributed by atoms with E-state index in [1.165, 1.54) is 5.39 Å². The number of benzene rings is 6. The average Bonchev–Trinajstić information content (AvgIpc) is 3.72. The summed E-state index contributed by atoms with van der Waals surface area (Å²) in [6, 6.07) is 53.7. The Labute approximate surface area is 287 Å². The number of furan rings is 1. The van der Waals surface area contributed by atoms with Crippen LogP contribution in [0, 0.1) is 0 Å². The third-order valence-electron chi connectivity index (χ3n) is 9.28. The lowest BCUT2D eigenvalue weighted by molar-refractivity contribution is 0.670. The van der Waals surface area contributed by atoms with Crippen molar-refractivity contribution in [3.05, 3.63) is 164 Å². The first kappa shape index (κ1) is 28.1. The maximum atomic E-state index is 6.88. The van der Waals surface area contributed by atoms with Crippen LogP contribution in [0.4, 0.5) is 0 Å². The average molecular weight is 642 g/mol. The zero-order valence-electron chi connectivity index (χ0n) is 26.7. The van der Waals surface area contributed by atoms with Crippen molar-refractivity contribution in [2.45, 2.75) is 0 Å². The highest BCUT2D eigenvalue weighted by molar-refractivity contribution is 6.19. The van der Waals surface area contributed by atoms with Gasteiger partial charge >= 0.3 is 0 Å². The second-order valence-electron chi connectivity index (χ2n) is 12.3. The number of aromatic nitrogens is 5. The molecule has 0 radical (unpaired) electrons. The van der Waals surface area contributed by atoms with Gasteiger partial charge in [-0.3, -0.25) is 4.98 Å². The van der Waals surface area contributed by atoms with Crippen LogP contribution in [0.25, 0.3) is 94.9 Å². The Morgan fingerprint density at radius 1 is 0.440 bits per heavy atom. The molecule has 0 amide bonds.